The number of nitrogens with one attached hydrogen (secondary N) is 1. The summed E-state index contributed by atoms with van der Waals surface area (Å²) in [5.41, 5.74) is 2.37. The summed E-state index contributed by atoms with van der Waals surface area (Å²) in [4.78, 5) is 30.5. The second kappa shape index (κ2) is 16.2. The number of halogens is 3. The van der Waals surface area contributed by atoms with E-state index in [0.717, 1.165) is 42.0 Å². The van der Waals surface area contributed by atoms with Crippen molar-refractivity contribution in [2.24, 2.45) is 0 Å². The Morgan fingerprint density at radius 2 is 1.48 bits per heavy atom. The van der Waals surface area contributed by atoms with Gasteiger partial charge in [-0.05, 0) is 72.9 Å². The summed E-state index contributed by atoms with van der Waals surface area (Å²) in [5, 5.41) is 4.18. The number of carbonyl (C=O) groups excluding carboxylic acids is 2. The zero-order valence-corrected chi connectivity index (χ0v) is 29.7. The Morgan fingerprint density at radius 1 is 0.812 bits per heavy atom. The van der Waals surface area contributed by atoms with Gasteiger partial charge in [0, 0.05) is 24.0 Å². The topological polar surface area (TPSA) is 86.8 Å². The minimum atomic E-state index is -4.25. The molecule has 0 aromatic heterocycles. The van der Waals surface area contributed by atoms with E-state index in [1.165, 1.54) is 23.1 Å². The molecular formula is C37H38Cl3N3O4S. The lowest BCUT2D eigenvalue weighted by Crippen LogP contribution is -2.55. The highest BCUT2D eigenvalue weighted by molar-refractivity contribution is 7.92. The van der Waals surface area contributed by atoms with E-state index < -0.39 is 28.5 Å². The van der Waals surface area contributed by atoms with E-state index in [1.54, 1.807) is 55.5 Å². The molecule has 0 saturated heterocycles. The fourth-order valence-electron chi connectivity index (χ4n) is 6.02. The van der Waals surface area contributed by atoms with Gasteiger partial charge in [0.1, 0.15) is 12.6 Å². The average Bonchev–Trinajstić information content (AvgIpc) is 3.09. The number of rotatable bonds is 12. The van der Waals surface area contributed by atoms with Crippen molar-refractivity contribution in [1.29, 1.82) is 0 Å². The van der Waals surface area contributed by atoms with Crippen LogP contribution in [0.3, 0.4) is 0 Å². The minimum absolute atomic E-state index is 0.00415. The second-order valence-corrected chi connectivity index (χ2v) is 15.2. The second-order valence-electron chi connectivity index (χ2n) is 12.1. The quantitative estimate of drug-likeness (QED) is 0.159. The molecule has 0 unspecified atom stereocenters. The molecule has 1 fully saturated rings. The van der Waals surface area contributed by atoms with Gasteiger partial charge in [0.15, 0.2) is 0 Å². The molecule has 1 aliphatic carbocycles. The van der Waals surface area contributed by atoms with Crippen LogP contribution in [0.2, 0.25) is 15.1 Å². The Balaban J connectivity index is 1.59. The SMILES string of the molecule is Cc1ccc(Cl)cc1N(CC(=O)N(Cc1ccc(Cl)c(Cl)c1)[C@H](Cc1ccccc1)C(=O)NC1CCCCC1)S(=O)(=O)c1ccccc1. The van der Waals surface area contributed by atoms with Crippen molar-refractivity contribution >= 4 is 62.3 Å². The van der Waals surface area contributed by atoms with Gasteiger partial charge in [0.05, 0.1) is 20.6 Å². The Labute approximate surface area is 297 Å². The molecule has 1 N–H and O–H groups in total. The molecule has 0 aliphatic heterocycles. The van der Waals surface area contributed by atoms with Crippen LogP contribution in [0.25, 0.3) is 0 Å². The normalized spacial score (nSPS) is 14.2. The summed E-state index contributed by atoms with van der Waals surface area (Å²) < 4.78 is 29.6. The van der Waals surface area contributed by atoms with Gasteiger partial charge >= 0.3 is 0 Å². The van der Waals surface area contributed by atoms with Crippen molar-refractivity contribution in [2.75, 3.05) is 10.8 Å². The summed E-state index contributed by atoms with van der Waals surface area (Å²) >= 11 is 19.0. The summed E-state index contributed by atoms with van der Waals surface area (Å²) in [6, 6.07) is 26.4. The van der Waals surface area contributed by atoms with E-state index >= 15 is 0 Å². The average molecular weight is 727 g/mol. The lowest BCUT2D eigenvalue weighted by molar-refractivity contribution is -0.140. The summed E-state index contributed by atoms with van der Waals surface area (Å²) in [6.45, 7) is 1.16. The summed E-state index contributed by atoms with van der Waals surface area (Å²) in [5.74, 6) is -0.866. The van der Waals surface area contributed by atoms with Crippen molar-refractivity contribution in [1.82, 2.24) is 10.2 Å². The predicted molar refractivity (Wildman–Crippen MR) is 193 cm³/mol. The van der Waals surface area contributed by atoms with Crippen LogP contribution in [0.1, 0.15) is 48.8 Å². The molecule has 0 bridgehead atoms. The maximum Gasteiger partial charge on any atom is 0.264 e. The Morgan fingerprint density at radius 3 is 2.15 bits per heavy atom. The fourth-order valence-corrected chi connectivity index (χ4v) is 8.00. The molecule has 1 aliphatic rings. The van der Waals surface area contributed by atoms with Crippen LogP contribution in [0, 0.1) is 6.92 Å². The molecule has 48 heavy (non-hydrogen) atoms. The molecule has 7 nitrogen and oxygen atoms in total. The molecule has 0 spiro atoms. The third kappa shape index (κ3) is 8.91. The van der Waals surface area contributed by atoms with Gasteiger partial charge in [-0.3, -0.25) is 13.9 Å². The van der Waals surface area contributed by atoms with Gasteiger partial charge in [-0.2, -0.15) is 0 Å². The standard InChI is InChI=1S/C37H38Cl3N3O4S/c1-26-17-19-29(38)23-34(26)43(48(46,47)31-15-9-4-10-16-31)25-36(44)42(24-28-18-20-32(39)33(40)21-28)35(22-27-11-5-2-6-12-27)37(45)41-30-13-7-3-8-14-30/h2,4-6,9-12,15-21,23,30,35H,3,7-8,13-14,22,24-25H2,1H3,(H,41,45)/t35-/m1/s1. The minimum Gasteiger partial charge on any atom is -0.352 e. The van der Waals surface area contributed by atoms with Crippen LogP contribution < -0.4 is 9.62 Å². The summed E-state index contributed by atoms with van der Waals surface area (Å²) in [7, 11) is -4.25. The molecule has 2 amide bonds. The van der Waals surface area contributed by atoms with Crippen LogP contribution in [0.5, 0.6) is 0 Å². The molecule has 4 aromatic rings. The number of benzene rings is 4. The zero-order chi connectivity index (χ0) is 34.3. The number of amides is 2. The van der Waals surface area contributed by atoms with Crippen LogP contribution in [0.15, 0.2) is 102 Å². The van der Waals surface area contributed by atoms with Crippen LogP contribution in [-0.4, -0.2) is 43.8 Å². The van der Waals surface area contributed by atoms with E-state index in [9.17, 15) is 18.0 Å². The van der Waals surface area contributed by atoms with E-state index in [2.05, 4.69) is 5.32 Å². The zero-order valence-electron chi connectivity index (χ0n) is 26.6. The Bertz CT molecular complexity index is 1840. The highest BCUT2D eigenvalue weighted by atomic mass is 35.5. The molecular weight excluding hydrogens is 689 g/mol. The van der Waals surface area contributed by atoms with Gasteiger partial charge in [0.25, 0.3) is 10.0 Å². The molecule has 1 atom stereocenters. The van der Waals surface area contributed by atoms with E-state index in [4.69, 9.17) is 34.8 Å². The lowest BCUT2D eigenvalue weighted by Gasteiger charge is -2.35. The third-order valence-corrected chi connectivity index (χ3v) is 11.4. The van der Waals surface area contributed by atoms with Crippen molar-refractivity contribution in [2.45, 2.75) is 69.0 Å². The largest absolute Gasteiger partial charge is 0.352 e. The first-order valence-corrected chi connectivity index (χ1v) is 18.5. The van der Waals surface area contributed by atoms with Crippen LogP contribution in [-0.2, 0) is 32.6 Å². The highest BCUT2D eigenvalue weighted by Crippen LogP contribution is 2.31. The monoisotopic (exact) mass is 725 g/mol. The molecule has 252 valence electrons. The number of nitrogens with zero attached hydrogens (tertiary/aromatic N) is 2. The van der Waals surface area contributed by atoms with Gasteiger partial charge in [-0.15, -0.1) is 0 Å². The van der Waals surface area contributed by atoms with E-state index in [0.29, 0.717) is 26.2 Å². The molecule has 11 heteroatoms. The van der Waals surface area contributed by atoms with Gasteiger partial charge < -0.3 is 10.2 Å². The first-order chi connectivity index (χ1) is 23.0. The van der Waals surface area contributed by atoms with Crippen molar-refractivity contribution in [3.8, 4) is 0 Å². The highest BCUT2D eigenvalue weighted by Gasteiger charge is 2.36. The van der Waals surface area contributed by atoms with Crippen molar-refractivity contribution in [3.63, 3.8) is 0 Å². The van der Waals surface area contributed by atoms with Crippen molar-refractivity contribution in [3.05, 3.63) is 129 Å². The number of hydrogen-bond donors (Lipinski definition) is 1. The third-order valence-electron chi connectivity index (χ3n) is 8.61. The molecule has 5 rings (SSSR count). The smallest absolute Gasteiger partial charge is 0.264 e. The Hall–Kier alpha value is -3.56. The first kappa shape index (κ1) is 35.7. The van der Waals surface area contributed by atoms with Gasteiger partial charge in [0.2, 0.25) is 11.8 Å². The Kier molecular flexibility index (Phi) is 12.1. The van der Waals surface area contributed by atoms with E-state index in [-0.39, 0.29) is 35.5 Å². The van der Waals surface area contributed by atoms with Gasteiger partial charge in [-0.1, -0.05) is 115 Å². The summed E-state index contributed by atoms with van der Waals surface area (Å²) in [6.07, 6.45) is 5.10. The lowest BCUT2D eigenvalue weighted by atomic mass is 9.94. The maximum absolute atomic E-state index is 14.7. The number of hydrogen-bond acceptors (Lipinski definition) is 4. The molecule has 0 heterocycles. The maximum atomic E-state index is 14.7. The number of anilines is 1. The predicted octanol–water partition coefficient (Wildman–Crippen LogP) is 8.24. The molecule has 4 aromatic carbocycles. The van der Waals surface area contributed by atoms with Gasteiger partial charge in [-0.25, -0.2) is 8.42 Å². The first-order valence-electron chi connectivity index (χ1n) is 15.9. The molecule has 0 radical (unpaired) electrons. The number of carbonyl (C=O) groups is 2. The van der Waals surface area contributed by atoms with E-state index in [1.807, 2.05) is 30.3 Å². The number of aryl methyl sites for hydroxylation is 1. The molecule has 1 saturated carbocycles. The number of sulfonamides is 1. The van der Waals surface area contributed by atoms with Crippen molar-refractivity contribution < 1.29 is 18.0 Å². The fraction of sp³-hybridized carbons (Fsp3) is 0.297. The van der Waals surface area contributed by atoms with Crippen LogP contribution >= 0.6 is 34.8 Å². The van der Waals surface area contributed by atoms with Crippen LogP contribution in [0.4, 0.5) is 5.69 Å².